The molecule has 1 heterocycles. The highest BCUT2D eigenvalue weighted by atomic mass is 15.1. The summed E-state index contributed by atoms with van der Waals surface area (Å²) in [5.74, 6) is 0. The number of aromatic amines is 1. The Balaban J connectivity index is 2.91. The van der Waals surface area contributed by atoms with Gasteiger partial charge in [-0.3, -0.25) is 5.10 Å². The molecule has 1 aromatic rings. The molecule has 56 valence electrons. The second-order valence-corrected chi connectivity index (χ2v) is 2.11. The van der Waals surface area contributed by atoms with Gasteiger partial charge < -0.3 is 0 Å². The molecule has 0 radical (unpaired) electrons. The molecular weight excluding hydrogens is 138 g/mol. The lowest BCUT2D eigenvalue weighted by atomic mass is 10.2. The molecule has 0 atom stereocenters. The van der Waals surface area contributed by atoms with Gasteiger partial charge in [0.2, 0.25) is 0 Å². The molecule has 0 amide bonds. The van der Waals surface area contributed by atoms with Gasteiger partial charge in [0.25, 0.3) is 0 Å². The van der Waals surface area contributed by atoms with Crippen LogP contribution in [0.5, 0.6) is 0 Å². The Morgan fingerprint density at radius 2 is 2.73 bits per heavy atom. The van der Waals surface area contributed by atoms with Crippen LogP contribution < -0.4 is 0 Å². The van der Waals surface area contributed by atoms with Crippen LogP contribution in [0.3, 0.4) is 0 Å². The van der Waals surface area contributed by atoms with E-state index in [0.29, 0.717) is 5.57 Å². The second kappa shape index (κ2) is 3.57. The molecule has 3 nitrogen and oxygen atoms in total. The summed E-state index contributed by atoms with van der Waals surface area (Å²) >= 11 is 0. The van der Waals surface area contributed by atoms with E-state index in [1.165, 1.54) is 0 Å². The number of nitrogens with one attached hydrogen (secondary N) is 1. The average molecular weight is 147 g/mol. The molecule has 0 saturated carbocycles. The normalized spacial score (nSPS) is 11.1. The zero-order valence-electron chi connectivity index (χ0n) is 6.33. The summed E-state index contributed by atoms with van der Waals surface area (Å²) in [4.78, 5) is 0. The number of hydrogen-bond acceptors (Lipinski definition) is 2. The summed E-state index contributed by atoms with van der Waals surface area (Å²) in [6.07, 6.45) is 4.37. The van der Waals surface area contributed by atoms with Crippen molar-refractivity contribution in [3.05, 3.63) is 24.0 Å². The molecule has 1 rings (SSSR count). The van der Waals surface area contributed by atoms with Gasteiger partial charge in [-0.1, -0.05) is 13.0 Å². The topological polar surface area (TPSA) is 52.5 Å². The highest BCUT2D eigenvalue weighted by Crippen LogP contribution is 2.09. The van der Waals surface area contributed by atoms with Gasteiger partial charge in [0.1, 0.15) is 6.07 Å². The number of aromatic nitrogens is 2. The van der Waals surface area contributed by atoms with E-state index in [0.717, 1.165) is 12.1 Å². The highest BCUT2D eigenvalue weighted by Gasteiger charge is 1.98. The van der Waals surface area contributed by atoms with Crippen LogP contribution in [0.4, 0.5) is 0 Å². The Bertz CT molecular complexity index is 277. The largest absolute Gasteiger partial charge is 0.277 e. The van der Waals surface area contributed by atoms with Gasteiger partial charge in [-0.25, -0.2) is 0 Å². The minimum Gasteiger partial charge on any atom is -0.277 e. The minimum atomic E-state index is 0.657. The first-order valence-electron chi connectivity index (χ1n) is 3.48. The Hall–Kier alpha value is -1.56. The van der Waals surface area contributed by atoms with E-state index < -0.39 is 0 Å². The first-order chi connectivity index (χ1) is 5.38. The fourth-order valence-electron chi connectivity index (χ4n) is 0.826. The van der Waals surface area contributed by atoms with Crippen molar-refractivity contribution in [2.75, 3.05) is 0 Å². The van der Waals surface area contributed by atoms with Crippen molar-refractivity contribution in [2.45, 2.75) is 13.3 Å². The third kappa shape index (κ3) is 1.68. The van der Waals surface area contributed by atoms with Crippen molar-refractivity contribution in [3.8, 4) is 6.07 Å². The lowest BCUT2D eigenvalue weighted by molar-refractivity contribution is 1.07. The van der Waals surface area contributed by atoms with Crippen molar-refractivity contribution in [1.29, 1.82) is 5.26 Å². The molecule has 1 N–H and O–H groups in total. The predicted octanol–water partition coefficient (Wildman–Crippen LogP) is 1.73. The molecule has 0 spiro atoms. The third-order valence-corrected chi connectivity index (χ3v) is 1.32. The van der Waals surface area contributed by atoms with Crippen LogP contribution in [-0.2, 0) is 0 Å². The van der Waals surface area contributed by atoms with Gasteiger partial charge in [-0.2, -0.15) is 10.4 Å². The van der Waals surface area contributed by atoms with Gasteiger partial charge in [-0.15, -0.1) is 0 Å². The fourth-order valence-corrected chi connectivity index (χ4v) is 0.826. The van der Waals surface area contributed by atoms with E-state index in [1.807, 2.05) is 13.0 Å². The standard InChI is InChI=1S/C8H9N3/c1-2-3-7(6-9)8-4-5-10-11-8/h3-5H,2H2,1H3,(H,10,11). The molecule has 0 bridgehead atoms. The number of nitriles is 1. The van der Waals surface area contributed by atoms with Crippen LogP contribution in [0.1, 0.15) is 19.0 Å². The fraction of sp³-hybridized carbons (Fsp3) is 0.250. The summed E-state index contributed by atoms with van der Waals surface area (Å²) in [6.45, 7) is 1.99. The van der Waals surface area contributed by atoms with E-state index in [-0.39, 0.29) is 0 Å². The first kappa shape index (κ1) is 7.55. The van der Waals surface area contributed by atoms with Crippen LogP contribution in [0.15, 0.2) is 18.3 Å². The lowest BCUT2D eigenvalue weighted by Crippen LogP contribution is -1.80. The van der Waals surface area contributed by atoms with Gasteiger partial charge in [0, 0.05) is 6.20 Å². The van der Waals surface area contributed by atoms with Crippen molar-refractivity contribution in [2.24, 2.45) is 0 Å². The number of allylic oxidation sites excluding steroid dienone is 2. The van der Waals surface area contributed by atoms with E-state index >= 15 is 0 Å². The maximum Gasteiger partial charge on any atom is 0.101 e. The van der Waals surface area contributed by atoms with Crippen LogP contribution in [0.2, 0.25) is 0 Å². The molecule has 0 unspecified atom stereocenters. The molecule has 0 aliphatic rings. The number of nitrogens with zero attached hydrogens (tertiary/aromatic N) is 2. The summed E-state index contributed by atoms with van der Waals surface area (Å²) in [5, 5.41) is 15.2. The van der Waals surface area contributed by atoms with E-state index in [1.54, 1.807) is 12.3 Å². The summed E-state index contributed by atoms with van der Waals surface area (Å²) in [7, 11) is 0. The quantitative estimate of drug-likeness (QED) is 0.647. The van der Waals surface area contributed by atoms with Crippen molar-refractivity contribution < 1.29 is 0 Å². The Kier molecular flexibility index (Phi) is 2.45. The maximum atomic E-state index is 8.66. The van der Waals surface area contributed by atoms with Crippen LogP contribution in [-0.4, -0.2) is 10.2 Å². The molecule has 0 fully saturated rings. The van der Waals surface area contributed by atoms with E-state index in [9.17, 15) is 0 Å². The Morgan fingerprint density at radius 1 is 1.91 bits per heavy atom. The van der Waals surface area contributed by atoms with E-state index in [4.69, 9.17) is 5.26 Å². The molecule has 1 aromatic heterocycles. The maximum absolute atomic E-state index is 8.66. The Labute approximate surface area is 65.4 Å². The molecular formula is C8H9N3. The second-order valence-electron chi connectivity index (χ2n) is 2.11. The van der Waals surface area contributed by atoms with Gasteiger partial charge >= 0.3 is 0 Å². The molecule has 0 aliphatic carbocycles. The van der Waals surface area contributed by atoms with Gasteiger partial charge in [0.05, 0.1) is 11.3 Å². The van der Waals surface area contributed by atoms with Crippen LogP contribution in [0.25, 0.3) is 5.57 Å². The summed E-state index contributed by atoms with van der Waals surface area (Å²) < 4.78 is 0. The Morgan fingerprint density at radius 3 is 3.18 bits per heavy atom. The number of H-pyrrole nitrogens is 1. The van der Waals surface area contributed by atoms with Crippen molar-refractivity contribution in [1.82, 2.24) is 10.2 Å². The number of rotatable bonds is 2. The van der Waals surface area contributed by atoms with Gasteiger partial charge in [-0.05, 0) is 12.5 Å². The van der Waals surface area contributed by atoms with Crippen molar-refractivity contribution in [3.63, 3.8) is 0 Å². The smallest absolute Gasteiger partial charge is 0.101 e. The lowest BCUT2D eigenvalue weighted by Gasteiger charge is -1.89. The van der Waals surface area contributed by atoms with E-state index in [2.05, 4.69) is 16.3 Å². The van der Waals surface area contributed by atoms with Crippen molar-refractivity contribution >= 4 is 5.57 Å². The summed E-state index contributed by atoms with van der Waals surface area (Å²) in [6, 6.07) is 3.88. The minimum absolute atomic E-state index is 0.657. The monoisotopic (exact) mass is 147 g/mol. The average Bonchev–Trinajstić information content (AvgIpc) is 2.52. The molecule has 11 heavy (non-hydrogen) atoms. The molecule has 0 aliphatic heterocycles. The molecule has 3 heteroatoms. The predicted molar refractivity (Wildman–Crippen MR) is 42.5 cm³/mol. The zero-order valence-corrected chi connectivity index (χ0v) is 6.33. The molecule has 0 aromatic carbocycles. The molecule has 0 saturated heterocycles. The van der Waals surface area contributed by atoms with Crippen LogP contribution >= 0.6 is 0 Å². The highest BCUT2D eigenvalue weighted by molar-refractivity contribution is 5.73. The zero-order chi connectivity index (χ0) is 8.10. The summed E-state index contributed by atoms with van der Waals surface area (Å²) in [5.41, 5.74) is 1.44. The number of hydrogen-bond donors (Lipinski definition) is 1. The third-order valence-electron chi connectivity index (χ3n) is 1.32. The van der Waals surface area contributed by atoms with Crippen LogP contribution in [0, 0.1) is 11.3 Å². The van der Waals surface area contributed by atoms with Gasteiger partial charge in [0.15, 0.2) is 0 Å². The first-order valence-corrected chi connectivity index (χ1v) is 3.48. The SMILES string of the molecule is CCC=C(C#N)c1ccn[nH]1.